The Balaban J connectivity index is 1.43. The van der Waals surface area contributed by atoms with Gasteiger partial charge in [-0.2, -0.15) is 0 Å². The van der Waals surface area contributed by atoms with Gasteiger partial charge in [0.25, 0.3) is 0 Å². The van der Waals surface area contributed by atoms with Crippen molar-refractivity contribution < 1.29 is 9.18 Å². The minimum absolute atomic E-state index is 0.00825. The average molecular weight is 441 g/mol. The smallest absolute Gasteiger partial charge is 0.238 e. The SMILES string of the molecule is O=C(CN1CCN(Cc2ccc(F)c(Cl)c2)CC1)Nc1ccc(Br)cc1. The Morgan fingerprint density at radius 1 is 1.08 bits per heavy atom. The topological polar surface area (TPSA) is 35.6 Å². The van der Waals surface area contributed by atoms with Crippen LogP contribution in [0, 0.1) is 5.82 Å². The van der Waals surface area contributed by atoms with Crippen LogP contribution >= 0.6 is 27.5 Å². The van der Waals surface area contributed by atoms with Crippen molar-refractivity contribution in [2.75, 3.05) is 38.0 Å². The number of rotatable bonds is 5. The summed E-state index contributed by atoms with van der Waals surface area (Å²) in [5.41, 5.74) is 1.79. The van der Waals surface area contributed by atoms with Crippen LogP contribution in [0.2, 0.25) is 5.02 Å². The molecule has 0 atom stereocenters. The quantitative estimate of drug-likeness (QED) is 0.763. The summed E-state index contributed by atoms with van der Waals surface area (Å²) in [6, 6.07) is 12.4. The largest absolute Gasteiger partial charge is 0.325 e. The summed E-state index contributed by atoms with van der Waals surface area (Å²) in [6.07, 6.45) is 0. The number of nitrogens with zero attached hydrogens (tertiary/aromatic N) is 2. The van der Waals surface area contributed by atoms with Crippen LogP contribution in [0.3, 0.4) is 0 Å². The first-order valence-corrected chi connectivity index (χ1v) is 9.61. The summed E-state index contributed by atoms with van der Waals surface area (Å²) < 4.78 is 14.2. The summed E-state index contributed by atoms with van der Waals surface area (Å²) in [5.74, 6) is -0.400. The standard InChI is InChI=1S/C19H20BrClFN3O/c20-15-2-4-16(5-3-15)23-19(26)13-25-9-7-24(8-10-25)12-14-1-6-18(22)17(21)11-14/h1-6,11H,7-10,12-13H2,(H,23,26). The summed E-state index contributed by atoms with van der Waals surface area (Å²) in [7, 11) is 0. The number of halogens is 3. The minimum atomic E-state index is -0.392. The van der Waals surface area contributed by atoms with Gasteiger partial charge in [0, 0.05) is 42.9 Å². The van der Waals surface area contributed by atoms with E-state index in [0.717, 1.165) is 48.4 Å². The maximum Gasteiger partial charge on any atom is 0.238 e. The predicted octanol–water partition coefficient (Wildman–Crippen LogP) is 4.00. The molecule has 0 radical (unpaired) electrons. The summed E-state index contributed by atoms with van der Waals surface area (Å²) in [5, 5.41) is 3.07. The highest BCUT2D eigenvalue weighted by atomic mass is 79.9. The summed E-state index contributed by atoms with van der Waals surface area (Å²) in [4.78, 5) is 16.6. The third-order valence-corrected chi connectivity index (χ3v) is 5.17. The molecule has 2 aromatic rings. The molecule has 0 spiro atoms. The molecule has 1 N–H and O–H groups in total. The van der Waals surface area contributed by atoms with E-state index in [2.05, 4.69) is 31.0 Å². The Bertz CT molecular complexity index is 764. The fraction of sp³-hybridized carbons (Fsp3) is 0.316. The van der Waals surface area contributed by atoms with Gasteiger partial charge in [0.2, 0.25) is 5.91 Å². The number of piperazine rings is 1. The van der Waals surface area contributed by atoms with E-state index >= 15 is 0 Å². The molecule has 1 amide bonds. The first-order valence-electron chi connectivity index (χ1n) is 8.43. The lowest BCUT2D eigenvalue weighted by Crippen LogP contribution is -2.48. The fourth-order valence-electron chi connectivity index (χ4n) is 2.94. The number of amides is 1. The maximum atomic E-state index is 13.2. The number of carbonyl (C=O) groups is 1. The van der Waals surface area contributed by atoms with Crippen LogP contribution in [0.25, 0.3) is 0 Å². The lowest BCUT2D eigenvalue weighted by molar-refractivity contribution is -0.117. The van der Waals surface area contributed by atoms with Crippen molar-refractivity contribution >= 4 is 39.1 Å². The molecule has 4 nitrogen and oxygen atoms in total. The molecular weight excluding hydrogens is 421 g/mol. The molecule has 0 bridgehead atoms. The van der Waals surface area contributed by atoms with Crippen LogP contribution in [0.4, 0.5) is 10.1 Å². The fourth-order valence-corrected chi connectivity index (χ4v) is 3.41. The molecule has 0 unspecified atom stereocenters. The van der Waals surface area contributed by atoms with E-state index < -0.39 is 5.82 Å². The number of carbonyl (C=O) groups excluding carboxylic acids is 1. The van der Waals surface area contributed by atoms with Crippen molar-refractivity contribution in [2.24, 2.45) is 0 Å². The van der Waals surface area contributed by atoms with Crippen LogP contribution in [0.5, 0.6) is 0 Å². The van der Waals surface area contributed by atoms with Crippen molar-refractivity contribution in [3.8, 4) is 0 Å². The highest BCUT2D eigenvalue weighted by molar-refractivity contribution is 9.10. The summed E-state index contributed by atoms with van der Waals surface area (Å²) in [6.45, 7) is 4.48. The van der Waals surface area contributed by atoms with Gasteiger partial charge in [-0.25, -0.2) is 4.39 Å². The van der Waals surface area contributed by atoms with E-state index in [1.165, 1.54) is 6.07 Å². The van der Waals surface area contributed by atoms with Crippen LogP contribution in [-0.2, 0) is 11.3 Å². The Hall–Kier alpha value is -1.47. The van der Waals surface area contributed by atoms with E-state index in [-0.39, 0.29) is 10.9 Å². The molecule has 0 aromatic heterocycles. The van der Waals surface area contributed by atoms with Gasteiger partial charge < -0.3 is 5.32 Å². The second kappa shape index (κ2) is 8.95. The number of benzene rings is 2. The Morgan fingerprint density at radius 2 is 1.73 bits per heavy atom. The van der Waals surface area contributed by atoms with Gasteiger partial charge >= 0.3 is 0 Å². The molecule has 3 rings (SSSR count). The highest BCUT2D eigenvalue weighted by Gasteiger charge is 2.19. The normalized spacial score (nSPS) is 15.8. The van der Waals surface area contributed by atoms with Crippen molar-refractivity contribution in [3.63, 3.8) is 0 Å². The maximum absolute atomic E-state index is 13.2. The average Bonchev–Trinajstić information content (AvgIpc) is 2.62. The van der Waals surface area contributed by atoms with E-state index in [0.29, 0.717) is 6.54 Å². The van der Waals surface area contributed by atoms with Gasteiger partial charge in [-0.15, -0.1) is 0 Å². The molecule has 1 saturated heterocycles. The lowest BCUT2D eigenvalue weighted by Gasteiger charge is -2.34. The van der Waals surface area contributed by atoms with Crippen molar-refractivity contribution in [3.05, 3.63) is 63.3 Å². The van der Waals surface area contributed by atoms with E-state index in [1.807, 2.05) is 24.3 Å². The number of hydrogen-bond donors (Lipinski definition) is 1. The van der Waals surface area contributed by atoms with Gasteiger partial charge in [0.15, 0.2) is 0 Å². The van der Waals surface area contributed by atoms with Crippen LogP contribution in [-0.4, -0.2) is 48.4 Å². The highest BCUT2D eigenvalue weighted by Crippen LogP contribution is 2.18. The molecule has 1 aliphatic rings. The molecule has 1 heterocycles. The molecule has 0 saturated carbocycles. The van der Waals surface area contributed by atoms with Gasteiger partial charge in [0.05, 0.1) is 11.6 Å². The first-order chi connectivity index (χ1) is 12.5. The zero-order valence-corrected chi connectivity index (χ0v) is 16.6. The van der Waals surface area contributed by atoms with E-state index in [9.17, 15) is 9.18 Å². The third-order valence-electron chi connectivity index (χ3n) is 4.35. The van der Waals surface area contributed by atoms with Crippen molar-refractivity contribution in [1.82, 2.24) is 9.80 Å². The predicted molar refractivity (Wildman–Crippen MR) is 106 cm³/mol. The zero-order chi connectivity index (χ0) is 18.5. The Kier molecular flexibility index (Phi) is 6.64. The van der Waals surface area contributed by atoms with Crippen molar-refractivity contribution in [1.29, 1.82) is 0 Å². The third kappa shape index (κ3) is 5.51. The van der Waals surface area contributed by atoms with Crippen LogP contribution < -0.4 is 5.32 Å². The lowest BCUT2D eigenvalue weighted by atomic mass is 10.2. The monoisotopic (exact) mass is 439 g/mol. The Labute approximate surface area is 166 Å². The molecule has 2 aromatic carbocycles. The summed E-state index contributed by atoms with van der Waals surface area (Å²) >= 11 is 9.21. The van der Waals surface area contributed by atoms with Crippen molar-refractivity contribution in [2.45, 2.75) is 6.54 Å². The molecule has 0 aliphatic carbocycles. The molecule has 1 aliphatic heterocycles. The zero-order valence-electron chi connectivity index (χ0n) is 14.2. The number of nitrogens with one attached hydrogen (secondary N) is 1. The van der Waals surface area contributed by atoms with Gasteiger partial charge in [-0.3, -0.25) is 14.6 Å². The van der Waals surface area contributed by atoms with Crippen LogP contribution in [0.15, 0.2) is 46.9 Å². The number of anilines is 1. The van der Waals surface area contributed by atoms with E-state index in [4.69, 9.17) is 11.6 Å². The number of hydrogen-bond acceptors (Lipinski definition) is 3. The molecule has 1 fully saturated rings. The van der Waals surface area contributed by atoms with Gasteiger partial charge in [-0.05, 0) is 42.0 Å². The first kappa shape index (κ1) is 19.3. The molecule has 7 heteroatoms. The molecular formula is C19H20BrClFN3O. The second-order valence-corrected chi connectivity index (χ2v) is 7.68. The second-order valence-electron chi connectivity index (χ2n) is 6.36. The molecule has 138 valence electrons. The minimum Gasteiger partial charge on any atom is -0.325 e. The Morgan fingerprint density at radius 3 is 2.38 bits per heavy atom. The van der Waals surface area contributed by atoms with E-state index in [1.54, 1.807) is 12.1 Å². The molecule has 26 heavy (non-hydrogen) atoms. The van der Waals surface area contributed by atoms with Gasteiger partial charge in [0.1, 0.15) is 5.82 Å². The van der Waals surface area contributed by atoms with Crippen LogP contribution in [0.1, 0.15) is 5.56 Å². The van der Waals surface area contributed by atoms with Gasteiger partial charge in [-0.1, -0.05) is 33.6 Å².